The molecule has 73 valence electrons. The molecule has 0 saturated carbocycles. The Morgan fingerprint density at radius 2 is 1.92 bits per heavy atom. The minimum atomic E-state index is 0. The van der Waals surface area contributed by atoms with Crippen LogP contribution in [0.5, 0.6) is 0 Å². The molecule has 1 aromatic rings. The van der Waals surface area contributed by atoms with Crippen molar-refractivity contribution in [1.82, 2.24) is 9.78 Å². The van der Waals surface area contributed by atoms with Crippen molar-refractivity contribution >= 4 is 0 Å². The van der Waals surface area contributed by atoms with Gasteiger partial charge in [0, 0.05) is 45.8 Å². The molecule has 0 atom stereocenters. The van der Waals surface area contributed by atoms with Crippen molar-refractivity contribution in [3.63, 3.8) is 0 Å². The van der Waals surface area contributed by atoms with E-state index in [2.05, 4.69) is 26.0 Å². The number of aromatic nitrogens is 2. The first kappa shape index (κ1) is 18.7. The first-order valence-electron chi connectivity index (χ1n) is 3.05. The first-order chi connectivity index (χ1) is 4.20. The van der Waals surface area contributed by atoms with Gasteiger partial charge in [0.25, 0.3) is 0 Å². The Kier molecular flexibility index (Phi) is 13.4. The van der Waals surface area contributed by atoms with Gasteiger partial charge in [-0.2, -0.15) is 7.05 Å². The molecule has 1 rings (SSSR count). The Labute approximate surface area is 113 Å². The second-order valence-electron chi connectivity index (χ2n) is 2.47. The fourth-order valence-corrected chi connectivity index (χ4v) is 0.678. The maximum absolute atomic E-state index is 3.94. The van der Waals surface area contributed by atoms with Crippen molar-refractivity contribution in [2.75, 3.05) is 0 Å². The van der Waals surface area contributed by atoms with E-state index in [4.69, 9.17) is 0 Å². The van der Waals surface area contributed by atoms with Crippen molar-refractivity contribution in [3.05, 3.63) is 25.0 Å². The van der Waals surface area contributed by atoms with Gasteiger partial charge in [-0.05, 0) is 5.92 Å². The number of nitrogens with zero attached hydrogens (tertiary/aromatic N) is 2. The quantitative estimate of drug-likeness (QED) is 0.410. The van der Waals surface area contributed by atoms with Crippen LogP contribution in [0.1, 0.15) is 25.3 Å². The molecule has 1 radical (unpaired) electrons. The van der Waals surface area contributed by atoms with E-state index < -0.39 is 0 Å². The Balaban J connectivity index is -0.000000270. The molecule has 0 bridgehead atoms. The fraction of sp³-hybridized carbons (Fsp3) is 0.429. The van der Waals surface area contributed by atoms with Gasteiger partial charge in [0.15, 0.2) is 0 Å². The zero-order valence-electron chi connectivity index (χ0n) is 6.89. The third-order valence-electron chi connectivity index (χ3n) is 1.32. The van der Waals surface area contributed by atoms with Crippen LogP contribution in [-0.4, -0.2) is 9.78 Å². The van der Waals surface area contributed by atoms with E-state index in [1.165, 1.54) is 5.56 Å². The van der Waals surface area contributed by atoms with Crippen molar-refractivity contribution in [1.29, 1.82) is 0 Å². The summed E-state index contributed by atoms with van der Waals surface area (Å²) in [5, 5.41) is 3.94. The summed E-state index contributed by atoms with van der Waals surface area (Å²) >= 11 is 0. The van der Waals surface area contributed by atoms with Gasteiger partial charge in [0.05, 0.1) is 0 Å². The molecule has 0 amide bonds. The Hall–Kier alpha value is 0.989. The predicted molar refractivity (Wildman–Crippen MR) is 37.1 cm³/mol. The maximum Gasteiger partial charge on any atom is 1.00 e. The van der Waals surface area contributed by atoms with Gasteiger partial charge in [-0.1, -0.05) is 19.4 Å². The van der Waals surface area contributed by atoms with Crippen molar-refractivity contribution in [2.45, 2.75) is 19.8 Å². The van der Waals surface area contributed by atoms with E-state index in [1.54, 1.807) is 4.68 Å². The van der Waals surface area contributed by atoms with Crippen LogP contribution in [0.2, 0.25) is 0 Å². The smallest absolute Gasteiger partial charge is 0.408 e. The second-order valence-corrected chi connectivity index (χ2v) is 2.47. The number of rotatable bonds is 1. The molecular weight excluding hydrogens is 683 g/mol. The molecule has 1 aromatic heterocycles. The molecule has 0 fully saturated rings. The minimum absolute atomic E-state index is 0. The molecule has 0 aliphatic carbocycles. The molecule has 12 heavy (non-hydrogen) atoms. The van der Waals surface area contributed by atoms with Gasteiger partial charge in [0.2, 0.25) is 0 Å². The largest absolute Gasteiger partial charge is 1.00 e. The summed E-state index contributed by atoms with van der Waals surface area (Å²) in [5.74, 6) is 0.556. The predicted octanol–water partition coefficient (Wildman–Crippen LogP) is 1.64. The van der Waals surface area contributed by atoms with E-state index >= 15 is 0 Å². The zero-order chi connectivity index (χ0) is 6.85. The van der Waals surface area contributed by atoms with E-state index in [0.717, 1.165) is 0 Å². The standard InChI is InChI=1S/C7H11N2.3Os/c1-6(2)7-4-8-9(3)5-7;;;/h4-6H,3H2,1-2H3;;;/q-1;;;+1. The normalized spacial score (nSPS) is 7.92. The fourth-order valence-electron chi connectivity index (χ4n) is 0.678. The topological polar surface area (TPSA) is 17.8 Å². The van der Waals surface area contributed by atoms with Crippen LogP contribution in [0.3, 0.4) is 0 Å². The number of hydrogen-bond acceptors (Lipinski definition) is 1. The van der Waals surface area contributed by atoms with Gasteiger partial charge in [-0.25, -0.2) is 5.10 Å². The van der Waals surface area contributed by atoms with Crippen LogP contribution < -0.4 is 0 Å². The van der Waals surface area contributed by atoms with Crippen molar-refractivity contribution in [2.24, 2.45) is 0 Å². The molecule has 0 saturated heterocycles. The summed E-state index contributed by atoms with van der Waals surface area (Å²) in [6.07, 6.45) is 3.78. The molecule has 0 aliphatic rings. The summed E-state index contributed by atoms with van der Waals surface area (Å²) in [5.41, 5.74) is 1.24. The van der Waals surface area contributed by atoms with E-state index in [9.17, 15) is 0 Å². The first-order valence-corrected chi connectivity index (χ1v) is 3.05. The molecule has 0 N–H and O–H groups in total. The summed E-state index contributed by atoms with van der Waals surface area (Å²) in [4.78, 5) is 0. The van der Waals surface area contributed by atoms with Crippen LogP contribution in [0.4, 0.5) is 0 Å². The third kappa shape index (κ3) is 5.60. The zero-order valence-corrected chi connectivity index (χ0v) is 14.5. The average Bonchev–Trinajstić information content (AvgIpc) is 2.14. The van der Waals surface area contributed by atoms with Gasteiger partial charge < -0.3 is 4.68 Å². The van der Waals surface area contributed by atoms with Crippen molar-refractivity contribution < 1.29 is 59.4 Å². The van der Waals surface area contributed by atoms with Crippen LogP contribution in [0.15, 0.2) is 12.4 Å². The third-order valence-corrected chi connectivity index (χ3v) is 1.32. The van der Waals surface area contributed by atoms with Crippen LogP contribution >= 0.6 is 0 Å². The van der Waals surface area contributed by atoms with Gasteiger partial charge in [0.1, 0.15) is 0 Å². The van der Waals surface area contributed by atoms with Crippen LogP contribution in [0.25, 0.3) is 0 Å². The SMILES string of the molecule is [CH2-]n1cc(C(C)C)cn1.[Os+].[Os].[Os]. The summed E-state index contributed by atoms with van der Waals surface area (Å²) in [7, 11) is 3.63. The Morgan fingerprint density at radius 1 is 1.42 bits per heavy atom. The molecule has 0 aliphatic heterocycles. The Bertz CT molecular complexity index is 198. The molecule has 2 nitrogen and oxygen atoms in total. The van der Waals surface area contributed by atoms with E-state index in [-0.39, 0.29) is 59.4 Å². The van der Waals surface area contributed by atoms with E-state index in [1.807, 2.05) is 12.4 Å². The van der Waals surface area contributed by atoms with Crippen LogP contribution in [-0.2, 0) is 59.4 Å². The second kappa shape index (κ2) is 8.58. The van der Waals surface area contributed by atoms with Crippen molar-refractivity contribution in [3.8, 4) is 0 Å². The molecule has 0 unspecified atom stereocenters. The molecule has 0 aromatic carbocycles. The summed E-state index contributed by atoms with van der Waals surface area (Å²) in [6.45, 7) is 4.27. The molecular formula is C7H11N2Os3. The van der Waals surface area contributed by atoms with Gasteiger partial charge >= 0.3 is 19.8 Å². The van der Waals surface area contributed by atoms with Gasteiger partial charge in [-0.15, -0.1) is 6.20 Å². The monoisotopic (exact) mass is 699 g/mol. The van der Waals surface area contributed by atoms with Crippen LogP contribution in [0, 0.1) is 7.05 Å². The number of hydrogen-bond donors (Lipinski definition) is 0. The molecule has 0 spiro atoms. The summed E-state index contributed by atoms with van der Waals surface area (Å²) in [6, 6.07) is 0. The maximum atomic E-state index is 3.94. The van der Waals surface area contributed by atoms with Gasteiger partial charge in [-0.3, -0.25) is 0 Å². The average molecular weight is 694 g/mol. The molecule has 1 heterocycles. The summed E-state index contributed by atoms with van der Waals surface area (Å²) < 4.78 is 1.58. The Morgan fingerprint density at radius 3 is 2.08 bits per heavy atom. The van der Waals surface area contributed by atoms with E-state index in [0.29, 0.717) is 5.92 Å². The molecule has 5 heteroatoms. The minimum Gasteiger partial charge on any atom is -0.408 e.